The highest BCUT2D eigenvalue weighted by Crippen LogP contribution is 2.34. The first kappa shape index (κ1) is 13.6. The molecule has 8 heteroatoms. The number of amides is 1. The number of nitrogens with zero attached hydrogens (tertiary/aromatic N) is 2. The van der Waals surface area contributed by atoms with Crippen LogP contribution in [0, 0.1) is 0 Å². The lowest BCUT2D eigenvalue weighted by Crippen LogP contribution is -2.25. The van der Waals surface area contributed by atoms with Crippen LogP contribution in [0.5, 0.6) is 11.5 Å². The quantitative estimate of drug-likeness (QED) is 0.854. The predicted molar refractivity (Wildman–Crippen MR) is 68.5 cm³/mol. The third kappa shape index (κ3) is 3.14. The molecule has 1 aromatic rings. The van der Waals surface area contributed by atoms with E-state index in [0.29, 0.717) is 11.4 Å². The number of halogens is 2. The van der Waals surface area contributed by atoms with Crippen LogP contribution in [-0.4, -0.2) is 30.9 Å². The van der Waals surface area contributed by atoms with E-state index in [-0.39, 0.29) is 16.7 Å². The van der Waals surface area contributed by atoms with Crippen molar-refractivity contribution in [1.29, 1.82) is 0 Å². The highest BCUT2D eigenvalue weighted by atomic mass is 32.2. The molecule has 0 radical (unpaired) electrons. The van der Waals surface area contributed by atoms with E-state index in [2.05, 4.69) is 9.84 Å². The molecule has 0 fully saturated rings. The van der Waals surface area contributed by atoms with Crippen molar-refractivity contribution < 1.29 is 23.0 Å². The Kier molecular flexibility index (Phi) is 4.20. The molecule has 0 N–H and O–H groups in total. The predicted octanol–water partition coefficient (Wildman–Crippen LogP) is 2.96. The normalized spacial score (nSPS) is 14.9. The van der Waals surface area contributed by atoms with Crippen molar-refractivity contribution in [2.24, 2.45) is 5.10 Å². The molecule has 0 unspecified atom stereocenters. The molecule has 5 nitrogen and oxygen atoms in total. The second-order valence-electron chi connectivity index (χ2n) is 3.40. The summed E-state index contributed by atoms with van der Waals surface area (Å²) in [6, 6.07) is 4.18. The van der Waals surface area contributed by atoms with Gasteiger partial charge in [-0.2, -0.15) is 18.9 Å². The summed E-state index contributed by atoms with van der Waals surface area (Å²) < 4.78 is 33.6. The van der Waals surface area contributed by atoms with E-state index >= 15 is 0 Å². The van der Waals surface area contributed by atoms with Gasteiger partial charge in [-0.15, -0.1) is 0 Å². The molecule has 102 valence electrons. The number of hydrazone groups is 1. The summed E-state index contributed by atoms with van der Waals surface area (Å²) in [4.78, 5) is 11.6. The minimum Gasteiger partial charge on any atom is -0.493 e. The average Bonchev–Trinajstić information content (AvgIpc) is 2.39. The van der Waals surface area contributed by atoms with Crippen LogP contribution in [-0.2, 0) is 0 Å². The zero-order valence-electron chi connectivity index (χ0n) is 9.88. The van der Waals surface area contributed by atoms with Gasteiger partial charge in [-0.05, 0) is 12.1 Å². The summed E-state index contributed by atoms with van der Waals surface area (Å²) in [5.41, 5.74) is 0.423. The van der Waals surface area contributed by atoms with Gasteiger partial charge >= 0.3 is 11.9 Å². The van der Waals surface area contributed by atoms with Crippen molar-refractivity contribution in [1.82, 2.24) is 0 Å². The molecule has 2 rings (SSSR count). The van der Waals surface area contributed by atoms with Crippen LogP contribution in [0.25, 0.3) is 0 Å². The number of thioether (sulfide) groups is 1. The lowest BCUT2D eigenvalue weighted by molar-refractivity contribution is -0.0512. The van der Waals surface area contributed by atoms with E-state index in [4.69, 9.17) is 4.74 Å². The van der Waals surface area contributed by atoms with Crippen LogP contribution in [0.4, 0.5) is 19.3 Å². The van der Waals surface area contributed by atoms with Gasteiger partial charge in [0.25, 0.3) is 0 Å². The van der Waals surface area contributed by atoms with Gasteiger partial charge in [-0.25, -0.2) is 0 Å². The van der Waals surface area contributed by atoms with Gasteiger partial charge in [0.2, 0.25) is 0 Å². The number of alkyl halides is 2. The van der Waals surface area contributed by atoms with Crippen molar-refractivity contribution in [2.75, 3.05) is 17.9 Å². The smallest absolute Gasteiger partial charge is 0.387 e. The van der Waals surface area contributed by atoms with E-state index in [9.17, 15) is 13.6 Å². The van der Waals surface area contributed by atoms with E-state index < -0.39 is 6.61 Å². The number of hydrogen-bond donors (Lipinski definition) is 0. The Morgan fingerprint density at radius 2 is 2.21 bits per heavy atom. The molecule has 0 aromatic heterocycles. The Morgan fingerprint density at radius 3 is 2.84 bits per heavy atom. The first-order valence-electron chi connectivity index (χ1n) is 5.24. The monoisotopic (exact) mass is 288 g/mol. The maximum absolute atomic E-state index is 12.2. The molecule has 1 amide bonds. The highest BCUT2D eigenvalue weighted by Gasteiger charge is 2.20. The van der Waals surface area contributed by atoms with E-state index in [1.165, 1.54) is 30.3 Å². The lowest BCUT2D eigenvalue weighted by atomic mass is 10.2. The Labute approximate surface area is 112 Å². The standard InChI is InChI=1S/C11H10F2N2O3S/c1-17-9-6-7(2-3-8(9)18-10(12)13)15-11(16)19-5-4-14-15/h2-4,6,10H,5H2,1H3. The zero-order valence-corrected chi connectivity index (χ0v) is 10.7. The third-order valence-corrected chi connectivity index (χ3v) is 2.99. The number of ether oxygens (including phenoxy) is 2. The van der Waals surface area contributed by atoms with Gasteiger partial charge in [0.05, 0.1) is 12.8 Å². The molecule has 0 bridgehead atoms. The Balaban J connectivity index is 2.30. The summed E-state index contributed by atoms with van der Waals surface area (Å²) in [7, 11) is 1.33. The van der Waals surface area contributed by atoms with Crippen molar-refractivity contribution >= 4 is 28.9 Å². The van der Waals surface area contributed by atoms with Crippen molar-refractivity contribution in [3.8, 4) is 11.5 Å². The Bertz CT molecular complexity index is 511. The average molecular weight is 288 g/mol. The Hall–Kier alpha value is -1.83. The van der Waals surface area contributed by atoms with Gasteiger partial charge in [-0.3, -0.25) is 4.79 Å². The van der Waals surface area contributed by atoms with Crippen LogP contribution < -0.4 is 14.5 Å². The number of hydrogen-bond acceptors (Lipinski definition) is 5. The van der Waals surface area contributed by atoms with Crippen molar-refractivity contribution in [3.63, 3.8) is 0 Å². The van der Waals surface area contributed by atoms with Crippen LogP contribution >= 0.6 is 11.8 Å². The zero-order chi connectivity index (χ0) is 13.8. The van der Waals surface area contributed by atoms with Gasteiger partial charge in [0.1, 0.15) is 0 Å². The third-order valence-electron chi connectivity index (χ3n) is 2.26. The first-order valence-corrected chi connectivity index (χ1v) is 6.22. The molecule has 1 aliphatic heterocycles. The highest BCUT2D eigenvalue weighted by molar-refractivity contribution is 8.14. The lowest BCUT2D eigenvalue weighted by Gasteiger charge is -2.20. The van der Waals surface area contributed by atoms with E-state index in [0.717, 1.165) is 11.8 Å². The number of methoxy groups -OCH3 is 1. The number of benzene rings is 1. The largest absolute Gasteiger partial charge is 0.493 e. The second-order valence-corrected chi connectivity index (χ2v) is 4.37. The fraction of sp³-hybridized carbons (Fsp3) is 0.273. The maximum atomic E-state index is 12.2. The Morgan fingerprint density at radius 1 is 1.42 bits per heavy atom. The molecule has 0 atom stereocenters. The molecule has 1 aliphatic rings. The minimum absolute atomic E-state index is 0.0951. The summed E-state index contributed by atoms with van der Waals surface area (Å²) in [5, 5.41) is 4.87. The van der Waals surface area contributed by atoms with Gasteiger partial charge in [-0.1, -0.05) is 11.8 Å². The van der Waals surface area contributed by atoms with Crippen molar-refractivity contribution in [2.45, 2.75) is 6.61 Å². The molecule has 0 saturated heterocycles. The number of carbonyl (C=O) groups is 1. The van der Waals surface area contributed by atoms with Crippen LogP contribution in [0.3, 0.4) is 0 Å². The van der Waals surface area contributed by atoms with Crippen LogP contribution in [0.1, 0.15) is 0 Å². The fourth-order valence-corrected chi connectivity index (χ4v) is 2.04. The second kappa shape index (κ2) is 5.87. The SMILES string of the molecule is COc1cc(N2N=CCSC2=O)ccc1OC(F)F. The summed E-state index contributed by atoms with van der Waals surface area (Å²) >= 11 is 1.09. The van der Waals surface area contributed by atoms with Crippen molar-refractivity contribution in [3.05, 3.63) is 18.2 Å². The molecule has 0 spiro atoms. The van der Waals surface area contributed by atoms with Crippen LogP contribution in [0.15, 0.2) is 23.3 Å². The van der Waals surface area contributed by atoms with Gasteiger partial charge < -0.3 is 9.47 Å². The van der Waals surface area contributed by atoms with Gasteiger partial charge in [0.15, 0.2) is 11.5 Å². The van der Waals surface area contributed by atoms with E-state index in [1.807, 2.05) is 0 Å². The van der Waals surface area contributed by atoms with Crippen LogP contribution in [0.2, 0.25) is 0 Å². The topological polar surface area (TPSA) is 51.1 Å². The summed E-state index contributed by atoms with van der Waals surface area (Å²) in [6.45, 7) is -2.94. The minimum atomic E-state index is -2.94. The van der Waals surface area contributed by atoms with Gasteiger partial charge in [0, 0.05) is 18.0 Å². The maximum Gasteiger partial charge on any atom is 0.387 e. The number of carbonyl (C=O) groups excluding carboxylic acids is 1. The first-order chi connectivity index (χ1) is 9.11. The molecular weight excluding hydrogens is 278 g/mol. The van der Waals surface area contributed by atoms with E-state index in [1.54, 1.807) is 6.21 Å². The number of rotatable bonds is 4. The molecule has 19 heavy (non-hydrogen) atoms. The fourth-order valence-electron chi connectivity index (χ4n) is 1.49. The molecule has 0 saturated carbocycles. The number of anilines is 1. The molecule has 0 aliphatic carbocycles. The molecular formula is C11H10F2N2O3S. The summed E-state index contributed by atoms with van der Waals surface area (Å²) in [6.07, 6.45) is 1.59. The summed E-state index contributed by atoms with van der Waals surface area (Å²) in [5.74, 6) is 0.526. The molecule has 1 aromatic carbocycles. The molecule has 1 heterocycles.